The normalized spacial score (nSPS) is 18.7. The van der Waals surface area contributed by atoms with Crippen molar-refractivity contribution in [3.05, 3.63) is 47.0 Å². The van der Waals surface area contributed by atoms with Gasteiger partial charge < -0.3 is 19.7 Å². The molecule has 0 fully saturated rings. The van der Waals surface area contributed by atoms with Crippen LogP contribution in [0.2, 0.25) is 0 Å². The maximum Gasteiger partial charge on any atom is 0.170 e. The van der Waals surface area contributed by atoms with Crippen LogP contribution in [-0.4, -0.2) is 29.2 Å². The first-order chi connectivity index (χ1) is 12.5. The Morgan fingerprint density at radius 2 is 2.04 bits per heavy atom. The van der Waals surface area contributed by atoms with Crippen LogP contribution in [0, 0.1) is 0 Å². The van der Waals surface area contributed by atoms with Crippen molar-refractivity contribution in [3.63, 3.8) is 0 Å². The molecule has 0 aromatic heterocycles. The van der Waals surface area contributed by atoms with Gasteiger partial charge in [0.2, 0.25) is 0 Å². The number of carbonyl (C=O) groups excluding carboxylic acids is 1. The van der Waals surface area contributed by atoms with E-state index in [9.17, 15) is 15.0 Å². The highest BCUT2D eigenvalue weighted by atomic mass is 16.5. The Morgan fingerprint density at radius 3 is 2.73 bits per heavy atom. The van der Waals surface area contributed by atoms with Crippen molar-refractivity contribution in [1.29, 1.82) is 0 Å². The van der Waals surface area contributed by atoms with E-state index in [1.807, 2.05) is 32.0 Å². The Balaban J connectivity index is 2.16. The van der Waals surface area contributed by atoms with Crippen LogP contribution in [0.15, 0.2) is 30.3 Å². The van der Waals surface area contributed by atoms with Gasteiger partial charge in [-0.15, -0.1) is 0 Å². The first kappa shape index (κ1) is 18.1. The van der Waals surface area contributed by atoms with Gasteiger partial charge in [0.1, 0.15) is 28.6 Å². The fourth-order valence-corrected chi connectivity index (χ4v) is 3.65. The maximum absolute atomic E-state index is 12.4. The predicted octanol–water partition coefficient (Wildman–Crippen LogP) is 4.39. The van der Waals surface area contributed by atoms with Gasteiger partial charge in [-0.2, -0.15) is 0 Å². The van der Waals surface area contributed by atoms with Crippen LogP contribution in [-0.2, 0) is 0 Å². The molecule has 2 N–H and O–H groups in total. The molecule has 0 bridgehead atoms. The lowest BCUT2D eigenvalue weighted by Crippen LogP contribution is -2.24. The molecule has 138 valence electrons. The van der Waals surface area contributed by atoms with Crippen molar-refractivity contribution < 1.29 is 24.5 Å². The minimum Gasteiger partial charge on any atom is -0.507 e. The molecule has 3 rings (SSSR count). The molecule has 0 saturated carbocycles. The summed E-state index contributed by atoms with van der Waals surface area (Å²) in [5.41, 5.74) is 1.45. The number of phenolic OH excluding ortho intramolecular Hbond substituents is 2. The van der Waals surface area contributed by atoms with Crippen molar-refractivity contribution in [2.24, 2.45) is 0 Å². The monoisotopic (exact) mass is 356 g/mol. The van der Waals surface area contributed by atoms with Gasteiger partial charge in [-0.05, 0) is 38.0 Å². The molecule has 2 aromatic carbocycles. The highest BCUT2D eigenvalue weighted by Gasteiger charge is 2.33. The van der Waals surface area contributed by atoms with E-state index in [-0.39, 0.29) is 41.3 Å². The smallest absolute Gasteiger partial charge is 0.170 e. The van der Waals surface area contributed by atoms with E-state index in [1.165, 1.54) is 6.07 Å². The highest BCUT2D eigenvalue weighted by molar-refractivity contribution is 6.01. The quantitative estimate of drug-likeness (QED) is 0.777. The maximum atomic E-state index is 12.4. The van der Waals surface area contributed by atoms with Crippen molar-refractivity contribution in [2.45, 2.75) is 45.1 Å². The number of ether oxygens (including phenoxy) is 2. The fourth-order valence-electron chi connectivity index (χ4n) is 3.65. The van der Waals surface area contributed by atoms with E-state index >= 15 is 0 Å². The number of Topliss-reactive ketones (excluding diaryl/α,β-unsaturated/α-hetero) is 1. The van der Waals surface area contributed by atoms with Crippen LogP contribution >= 0.6 is 0 Å². The van der Waals surface area contributed by atoms with Crippen LogP contribution in [0.25, 0.3) is 0 Å². The van der Waals surface area contributed by atoms with Crippen LogP contribution < -0.4 is 9.47 Å². The third-order valence-electron chi connectivity index (χ3n) is 4.81. The van der Waals surface area contributed by atoms with Crippen LogP contribution in [0.3, 0.4) is 0 Å². The third-order valence-corrected chi connectivity index (χ3v) is 4.81. The average Bonchev–Trinajstić information content (AvgIpc) is 2.60. The second-order valence-electron chi connectivity index (χ2n) is 6.66. The third kappa shape index (κ3) is 3.09. The van der Waals surface area contributed by atoms with E-state index in [0.29, 0.717) is 29.9 Å². The van der Waals surface area contributed by atoms with Crippen molar-refractivity contribution in [2.75, 3.05) is 7.11 Å². The molecule has 2 atom stereocenters. The van der Waals surface area contributed by atoms with Gasteiger partial charge in [-0.3, -0.25) is 4.79 Å². The van der Waals surface area contributed by atoms with Gasteiger partial charge in [0, 0.05) is 23.5 Å². The summed E-state index contributed by atoms with van der Waals surface area (Å²) in [4.78, 5) is 12.4. The Labute approximate surface area is 153 Å². The number of rotatable bonds is 5. The van der Waals surface area contributed by atoms with Gasteiger partial charge in [0.25, 0.3) is 0 Å². The molecule has 0 amide bonds. The number of phenols is 2. The summed E-state index contributed by atoms with van der Waals surface area (Å²) in [6.07, 6.45) is 1.50. The van der Waals surface area contributed by atoms with E-state index in [4.69, 9.17) is 9.47 Å². The summed E-state index contributed by atoms with van der Waals surface area (Å²) >= 11 is 0. The van der Waals surface area contributed by atoms with Gasteiger partial charge in [0.05, 0.1) is 13.2 Å². The SMILES string of the molecule is CCCC(=O)c1c(O)ccc([C@H]2C[C@@H](C)Oc3cccc(OC)c32)c1O. The molecule has 0 saturated heterocycles. The number of methoxy groups -OCH3 is 1. The van der Waals surface area contributed by atoms with Gasteiger partial charge >= 0.3 is 0 Å². The Bertz CT molecular complexity index is 827. The lowest BCUT2D eigenvalue weighted by atomic mass is 9.82. The standard InChI is InChI=1S/C21H24O5/c1-4-6-15(22)20-16(23)10-9-13(21(20)24)14-11-12(2)26-18-8-5-7-17(25-3)19(14)18/h5,7-10,12,14,23-24H,4,6,11H2,1-3H3/t12-,14-/m1/s1. The lowest BCUT2D eigenvalue weighted by Gasteiger charge is -2.32. The van der Waals surface area contributed by atoms with Crippen LogP contribution in [0.4, 0.5) is 0 Å². The molecule has 1 aliphatic heterocycles. The van der Waals surface area contributed by atoms with E-state index in [1.54, 1.807) is 13.2 Å². The summed E-state index contributed by atoms with van der Waals surface area (Å²) in [5, 5.41) is 21.0. The molecule has 1 aliphatic rings. The zero-order valence-corrected chi connectivity index (χ0v) is 15.3. The summed E-state index contributed by atoms with van der Waals surface area (Å²) in [5.74, 6) is 0.586. The predicted molar refractivity (Wildman–Crippen MR) is 98.6 cm³/mol. The second kappa shape index (κ2) is 7.28. The van der Waals surface area contributed by atoms with Crippen molar-refractivity contribution >= 4 is 5.78 Å². The van der Waals surface area contributed by atoms with E-state index in [0.717, 1.165) is 5.56 Å². The number of aromatic hydroxyl groups is 2. The summed E-state index contributed by atoms with van der Waals surface area (Å²) in [6.45, 7) is 3.85. The number of carbonyl (C=O) groups is 1. The summed E-state index contributed by atoms with van der Waals surface area (Å²) < 4.78 is 11.4. The zero-order valence-electron chi connectivity index (χ0n) is 15.3. The first-order valence-corrected chi connectivity index (χ1v) is 8.89. The Hall–Kier alpha value is -2.69. The molecule has 2 aromatic rings. The van der Waals surface area contributed by atoms with Gasteiger partial charge in [-0.25, -0.2) is 0 Å². The molecule has 0 radical (unpaired) electrons. The summed E-state index contributed by atoms with van der Waals surface area (Å²) in [7, 11) is 1.59. The zero-order chi connectivity index (χ0) is 18.8. The molecular formula is C21H24O5. The molecule has 26 heavy (non-hydrogen) atoms. The number of fused-ring (bicyclic) bond motifs is 1. The molecule has 1 heterocycles. The first-order valence-electron chi connectivity index (χ1n) is 8.89. The molecule has 0 spiro atoms. The number of hydrogen-bond acceptors (Lipinski definition) is 5. The Kier molecular flexibility index (Phi) is 5.07. The largest absolute Gasteiger partial charge is 0.507 e. The van der Waals surface area contributed by atoms with Crippen LogP contribution in [0.5, 0.6) is 23.0 Å². The molecule has 5 heteroatoms. The van der Waals surface area contributed by atoms with Gasteiger partial charge in [0.15, 0.2) is 5.78 Å². The van der Waals surface area contributed by atoms with E-state index in [2.05, 4.69) is 0 Å². The molecule has 5 nitrogen and oxygen atoms in total. The molecule has 0 aliphatic carbocycles. The lowest BCUT2D eigenvalue weighted by molar-refractivity contribution is 0.0976. The average molecular weight is 356 g/mol. The highest BCUT2D eigenvalue weighted by Crippen LogP contribution is 2.48. The van der Waals surface area contributed by atoms with Gasteiger partial charge in [-0.1, -0.05) is 19.1 Å². The van der Waals surface area contributed by atoms with Crippen molar-refractivity contribution in [3.8, 4) is 23.0 Å². The summed E-state index contributed by atoms with van der Waals surface area (Å²) in [6, 6.07) is 8.74. The topological polar surface area (TPSA) is 76.0 Å². The molecule has 0 unspecified atom stereocenters. The Morgan fingerprint density at radius 1 is 1.27 bits per heavy atom. The fraction of sp³-hybridized carbons (Fsp3) is 0.381. The van der Waals surface area contributed by atoms with Crippen LogP contribution in [0.1, 0.15) is 60.5 Å². The second-order valence-corrected chi connectivity index (χ2v) is 6.66. The number of benzene rings is 2. The molecular weight excluding hydrogens is 332 g/mol. The number of ketones is 1. The minimum atomic E-state index is -0.260. The van der Waals surface area contributed by atoms with E-state index < -0.39 is 0 Å². The van der Waals surface area contributed by atoms with Crippen molar-refractivity contribution in [1.82, 2.24) is 0 Å². The minimum absolute atomic E-state index is 0.0000529. The number of hydrogen-bond donors (Lipinski definition) is 2.